The summed E-state index contributed by atoms with van der Waals surface area (Å²) in [4.78, 5) is 16.4. The predicted octanol–water partition coefficient (Wildman–Crippen LogP) is 3.07. The Morgan fingerprint density at radius 2 is 2.14 bits per heavy atom. The van der Waals surface area contributed by atoms with Crippen LogP contribution in [0.25, 0.3) is 0 Å². The normalized spacial score (nSPS) is 26.0. The van der Waals surface area contributed by atoms with Crippen molar-refractivity contribution in [3.8, 4) is 0 Å². The van der Waals surface area contributed by atoms with Crippen molar-refractivity contribution in [3.05, 3.63) is 11.7 Å². The molecule has 1 aliphatic carbocycles. The van der Waals surface area contributed by atoms with Gasteiger partial charge >= 0.3 is 0 Å². The van der Waals surface area contributed by atoms with Crippen molar-refractivity contribution in [1.82, 2.24) is 15.5 Å². The van der Waals surface area contributed by atoms with Crippen molar-refractivity contribution in [2.45, 2.75) is 71.8 Å². The number of aryl methyl sites for hydroxylation is 1. The van der Waals surface area contributed by atoms with Gasteiger partial charge in [0, 0.05) is 24.8 Å². The molecule has 1 aliphatic rings. The fourth-order valence-corrected chi connectivity index (χ4v) is 2.89. The second-order valence-electron chi connectivity index (χ2n) is 6.64. The first-order valence-corrected chi connectivity index (χ1v) is 8.09. The molecule has 1 amide bonds. The fourth-order valence-electron chi connectivity index (χ4n) is 2.89. The van der Waals surface area contributed by atoms with Gasteiger partial charge in [0.1, 0.15) is 0 Å². The lowest BCUT2D eigenvalue weighted by Gasteiger charge is -2.34. The van der Waals surface area contributed by atoms with E-state index in [9.17, 15) is 4.79 Å². The molecule has 0 radical (unpaired) electrons. The molecule has 0 bridgehead atoms. The summed E-state index contributed by atoms with van der Waals surface area (Å²) in [5.74, 6) is 2.84. The number of hydrogen-bond donors (Lipinski definition) is 1. The highest BCUT2D eigenvalue weighted by atomic mass is 16.5. The van der Waals surface area contributed by atoms with Crippen LogP contribution in [0.5, 0.6) is 0 Å². The zero-order valence-electron chi connectivity index (χ0n) is 13.6. The van der Waals surface area contributed by atoms with Crippen molar-refractivity contribution in [1.29, 1.82) is 0 Å². The van der Waals surface area contributed by atoms with Crippen molar-refractivity contribution < 1.29 is 9.32 Å². The lowest BCUT2D eigenvalue weighted by Crippen LogP contribution is -2.43. The molecule has 5 heteroatoms. The van der Waals surface area contributed by atoms with E-state index in [0.717, 1.165) is 6.42 Å². The summed E-state index contributed by atoms with van der Waals surface area (Å²) < 4.78 is 5.16. The average Bonchev–Trinajstić information content (AvgIpc) is 2.91. The second-order valence-corrected chi connectivity index (χ2v) is 6.64. The first-order chi connectivity index (χ1) is 9.97. The Hall–Kier alpha value is -1.39. The first-order valence-electron chi connectivity index (χ1n) is 8.09. The van der Waals surface area contributed by atoms with Crippen molar-refractivity contribution >= 4 is 5.91 Å². The Balaban J connectivity index is 1.79. The first kappa shape index (κ1) is 16.0. The summed E-state index contributed by atoms with van der Waals surface area (Å²) in [6, 6.07) is 0.315. The molecule has 3 unspecified atom stereocenters. The van der Waals surface area contributed by atoms with Gasteiger partial charge in [0.15, 0.2) is 5.82 Å². The summed E-state index contributed by atoms with van der Waals surface area (Å²) in [5, 5.41) is 7.08. The number of rotatable bonds is 5. The molecule has 1 heterocycles. The molecule has 1 aromatic heterocycles. The Morgan fingerprint density at radius 3 is 2.81 bits per heavy atom. The van der Waals surface area contributed by atoms with E-state index in [-0.39, 0.29) is 11.8 Å². The molecule has 2 rings (SSSR count). The maximum atomic E-state index is 12.1. The van der Waals surface area contributed by atoms with Crippen LogP contribution in [0.3, 0.4) is 0 Å². The maximum Gasteiger partial charge on any atom is 0.227 e. The van der Waals surface area contributed by atoms with Crippen LogP contribution in [0.15, 0.2) is 4.52 Å². The van der Waals surface area contributed by atoms with E-state index in [1.807, 2.05) is 13.8 Å². The van der Waals surface area contributed by atoms with Gasteiger partial charge in [0.2, 0.25) is 11.8 Å². The van der Waals surface area contributed by atoms with Gasteiger partial charge in [-0.15, -0.1) is 0 Å². The molecule has 1 saturated carbocycles. The number of carbonyl (C=O) groups excluding carboxylic acids is 1. The zero-order chi connectivity index (χ0) is 15.4. The monoisotopic (exact) mass is 293 g/mol. The largest absolute Gasteiger partial charge is 0.353 e. The Kier molecular flexibility index (Phi) is 5.37. The molecule has 0 aliphatic heterocycles. The summed E-state index contributed by atoms with van der Waals surface area (Å²) in [7, 11) is 0. The number of aromatic nitrogens is 2. The van der Waals surface area contributed by atoms with E-state index in [1.165, 1.54) is 12.8 Å². The molecule has 0 aromatic carbocycles. The average molecular weight is 293 g/mol. The third-order valence-electron chi connectivity index (χ3n) is 4.62. The molecular formula is C16H27N3O2. The van der Waals surface area contributed by atoms with Crippen LogP contribution in [0.2, 0.25) is 0 Å². The van der Waals surface area contributed by atoms with E-state index >= 15 is 0 Å². The van der Waals surface area contributed by atoms with Gasteiger partial charge in [-0.05, 0) is 18.3 Å². The van der Waals surface area contributed by atoms with Crippen LogP contribution in [-0.2, 0) is 11.2 Å². The molecule has 3 atom stereocenters. The number of hydrogen-bond acceptors (Lipinski definition) is 4. The van der Waals surface area contributed by atoms with Gasteiger partial charge < -0.3 is 9.84 Å². The summed E-state index contributed by atoms with van der Waals surface area (Å²) in [5.41, 5.74) is 0. The van der Waals surface area contributed by atoms with Gasteiger partial charge in [0.25, 0.3) is 0 Å². The third kappa shape index (κ3) is 4.29. The topological polar surface area (TPSA) is 68.0 Å². The van der Waals surface area contributed by atoms with Gasteiger partial charge in [0.05, 0.1) is 0 Å². The van der Waals surface area contributed by atoms with Crippen molar-refractivity contribution in [2.24, 2.45) is 11.8 Å². The lowest BCUT2D eigenvalue weighted by molar-refractivity contribution is -0.122. The zero-order valence-corrected chi connectivity index (χ0v) is 13.6. The maximum absolute atomic E-state index is 12.1. The SMILES string of the molecule is CC(C)c1noc(CCC(=O)NC2CCCC(C)C2C)n1. The van der Waals surface area contributed by atoms with Crippen LogP contribution in [-0.4, -0.2) is 22.1 Å². The van der Waals surface area contributed by atoms with Crippen LogP contribution in [0.1, 0.15) is 71.0 Å². The van der Waals surface area contributed by atoms with Gasteiger partial charge in [-0.3, -0.25) is 4.79 Å². The van der Waals surface area contributed by atoms with Gasteiger partial charge in [-0.2, -0.15) is 4.98 Å². The number of carbonyl (C=O) groups is 1. The number of nitrogens with zero attached hydrogens (tertiary/aromatic N) is 2. The van der Waals surface area contributed by atoms with Gasteiger partial charge in [-0.25, -0.2) is 0 Å². The van der Waals surface area contributed by atoms with E-state index in [0.29, 0.717) is 42.4 Å². The van der Waals surface area contributed by atoms with Crippen molar-refractivity contribution in [2.75, 3.05) is 0 Å². The predicted molar refractivity (Wildman–Crippen MR) is 80.8 cm³/mol. The number of amides is 1. The summed E-state index contributed by atoms with van der Waals surface area (Å²) in [6.07, 6.45) is 4.50. The molecule has 0 spiro atoms. The summed E-state index contributed by atoms with van der Waals surface area (Å²) in [6.45, 7) is 8.55. The smallest absolute Gasteiger partial charge is 0.227 e. The van der Waals surface area contributed by atoms with E-state index < -0.39 is 0 Å². The Labute approximate surface area is 126 Å². The number of nitrogens with one attached hydrogen (secondary N) is 1. The minimum absolute atomic E-state index is 0.0882. The highest BCUT2D eigenvalue weighted by molar-refractivity contribution is 5.76. The van der Waals surface area contributed by atoms with E-state index in [4.69, 9.17) is 4.52 Å². The van der Waals surface area contributed by atoms with E-state index in [2.05, 4.69) is 29.3 Å². The molecule has 21 heavy (non-hydrogen) atoms. The minimum Gasteiger partial charge on any atom is -0.353 e. The van der Waals surface area contributed by atoms with Gasteiger partial charge in [-0.1, -0.05) is 45.7 Å². The Morgan fingerprint density at radius 1 is 1.38 bits per heavy atom. The standard InChI is InChI=1S/C16H27N3O2/c1-10(2)16-18-15(21-19-16)9-8-14(20)17-13-7-5-6-11(3)12(13)4/h10-13H,5-9H2,1-4H3,(H,17,20). The molecule has 5 nitrogen and oxygen atoms in total. The third-order valence-corrected chi connectivity index (χ3v) is 4.62. The molecule has 1 aromatic rings. The highest BCUT2D eigenvalue weighted by Crippen LogP contribution is 2.29. The van der Waals surface area contributed by atoms with E-state index in [1.54, 1.807) is 0 Å². The quantitative estimate of drug-likeness (QED) is 0.906. The summed E-state index contributed by atoms with van der Waals surface area (Å²) >= 11 is 0. The van der Waals surface area contributed by atoms with Crippen LogP contribution >= 0.6 is 0 Å². The molecule has 1 fully saturated rings. The molecule has 1 N–H and O–H groups in total. The Bertz CT molecular complexity index is 470. The lowest BCUT2D eigenvalue weighted by atomic mass is 9.78. The van der Waals surface area contributed by atoms with Crippen LogP contribution in [0, 0.1) is 11.8 Å². The molecule has 0 saturated heterocycles. The van der Waals surface area contributed by atoms with Crippen LogP contribution in [0.4, 0.5) is 0 Å². The van der Waals surface area contributed by atoms with Crippen molar-refractivity contribution in [3.63, 3.8) is 0 Å². The molecular weight excluding hydrogens is 266 g/mol. The van der Waals surface area contributed by atoms with Crippen LogP contribution < -0.4 is 5.32 Å². The molecule has 118 valence electrons. The highest BCUT2D eigenvalue weighted by Gasteiger charge is 2.28. The fraction of sp³-hybridized carbons (Fsp3) is 0.812. The minimum atomic E-state index is 0.0882. The second kappa shape index (κ2) is 7.05.